The predicted octanol–water partition coefficient (Wildman–Crippen LogP) is 6.14. The molecule has 5 rings (SSSR count). The molecular formula is C30H35N3O3. The van der Waals surface area contributed by atoms with Crippen LogP contribution in [0.2, 0.25) is 0 Å². The number of alkyl carbamates (subject to hydrolysis) is 1. The van der Waals surface area contributed by atoms with Gasteiger partial charge in [0.2, 0.25) is 0 Å². The number of aryl methyl sites for hydroxylation is 1. The van der Waals surface area contributed by atoms with E-state index in [1.165, 1.54) is 11.1 Å². The van der Waals surface area contributed by atoms with Gasteiger partial charge >= 0.3 is 6.09 Å². The molecule has 6 nitrogen and oxygen atoms in total. The summed E-state index contributed by atoms with van der Waals surface area (Å²) in [5.41, 5.74) is 4.94. The van der Waals surface area contributed by atoms with Crippen molar-refractivity contribution in [2.75, 3.05) is 0 Å². The van der Waals surface area contributed by atoms with Gasteiger partial charge in [-0.15, -0.1) is 0 Å². The van der Waals surface area contributed by atoms with Crippen LogP contribution in [-0.4, -0.2) is 28.1 Å². The smallest absolute Gasteiger partial charge is 0.407 e. The average Bonchev–Trinajstić information content (AvgIpc) is 3.49. The number of carbonyl (C=O) groups is 2. The van der Waals surface area contributed by atoms with Gasteiger partial charge in [-0.25, -0.2) is 4.79 Å². The summed E-state index contributed by atoms with van der Waals surface area (Å²) in [6.45, 7) is 10.1. The highest BCUT2D eigenvalue weighted by Gasteiger charge is 2.58. The van der Waals surface area contributed by atoms with Crippen LogP contribution in [0, 0.1) is 6.92 Å². The summed E-state index contributed by atoms with van der Waals surface area (Å²) in [6.07, 6.45) is 6.82. The van der Waals surface area contributed by atoms with Gasteiger partial charge in [-0.2, -0.15) is 0 Å². The average molecular weight is 486 g/mol. The molecule has 0 aliphatic heterocycles. The van der Waals surface area contributed by atoms with Gasteiger partial charge in [-0.05, 0) is 81.8 Å². The molecule has 2 aliphatic carbocycles. The maximum atomic E-state index is 13.6. The van der Waals surface area contributed by atoms with Crippen molar-refractivity contribution in [3.63, 3.8) is 0 Å². The molecule has 0 radical (unpaired) electrons. The molecule has 1 unspecified atom stereocenters. The Morgan fingerprint density at radius 3 is 2.58 bits per heavy atom. The van der Waals surface area contributed by atoms with Crippen molar-refractivity contribution in [2.45, 2.75) is 77.0 Å². The first-order valence-electron chi connectivity index (χ1n) is 12.7. The van der Waals surface area contributed by atoms with E-state index in [0.29, 0.717) is 12.1 Å². The van der Waals surface area contributed by atoms with Gasteiger partial charge in [-0.3, -0.25) is 4.79 Å². The summed E-state index contributed by atoms with van der Waals surface area (Å²) in [5.74, 6) is -0.0387. The van der Waals surface area contributed by atoms with Crippen LogP contribution in [0.15, 0.2) is 48.5 Å². The van der Waals surface area contributed by atoms with Crippen molar-refractivity contribution in [1.29, 1.82) is 0 Å². The van der Waals surface area contributed by atoms with Crippen LogP contribution in [0.25, 0.3) is 17.0 Å². The van der Waals surface area contributed by atoms with Gasteiger partial charge in [0.05, 0.1) is 12.1 Å². The fourth-order valence-corrected chi connectivity index (χ4v) is 5.53. The summed E-state index contributed by atoms with van der Waals surface area (Å²) in [4.78, 5) is 29.0. The van der Waals surface area contributed by atoms with Crippen molar-refractivity contribution in [2.24, 2.45) is 0 Å². The Balaban J connectivity index is 1.35. The number of hydrogen-bond donors (Lipinski definition) is 3. The second-order valence-corrected chi connectivity index (χ2v) is 11.5. The molecule has 2 aromatic carbocycles. The lowest BCUT2D eigenvalue weighted by molar-refractivity contribution is 0.0522. The van der Waals surface area contributed by atoms with E-state index in [-0.39, 0.29) is 16.9 Å². The first-order valence-corrected chi connectivity index (χ1v) is 12.7. The number of aromatic amines is 1. The zero-order valence-corrected chi connectivity index (χ0v) is 21.7. The van der Waals surface area contributed by atoms with Crippen molar-refractivity contribution in [1.82, 2.24) is 15.6 Å². The SMILES string of the molecule is Cc1cc2cc(CNC(=O)OC(C)(C)C)[nH]c2cc1C(=O)NC1(C2(C)CC=Cc3ccccc32)CC1. The highest BCUT2D eigenvalue weighted by Crippen LogP contribution is 2.55. The van der Waals surface area contributed by atoms with Crippen LogP contribution in [0.3, 0.4) is 0 Å². The summed E-state index contributed by atoms with van der Waals surface area (Å²) in [5, 5.41) is 7.23. The lowest BCUT2D eigenvalue weighted by Gasteiger charge is -2.41. The van der Waals surface area contributed by atoms with E-state index in [4.69, 9.17) is 4.74 Å². The topological polar surface area (TPSA) is 83.2 Å². The van der Waals surface area contributed by atoms with Crippen LogP contribution in [0.1, 0.15) is 79.7 Å². The van der Waals surface area contributed by atoms with E-state index in [1.54, 1.807) is 0 Å². The van der Waals surface area contributed by atoms with Gasteiger partial charge in [0.1, 0.15) is 5.60 Å². The fourth-order valence-electron chi connectivity index (χ4n) is 5.53. The molecule has 36 heavy (non-hydrogen) atoms. The Bertz CT molecular complexity index is 1370. The number of carbonyl (C=O) groups excluding carboxylic acids is 2. The second kappa shape index (κ2) is 8.54. The highest BCUT2D eigenvalue weighted by atomic mass is 16.6. The third-order valence-corrected chi connectivity index (χ3v) is 7.63. The number of fused-ring (bicyclic) bond motifs is 2. The second-order valence-electron chi connectivity index (χ2n) is 11.5. The molecule has 0 spiro atoms. The maximum absolute atomic E-state index is 13.6. The predicted molar refractivity (Wildman–Crippen MR) is 143 cm³/mol. The molecule has 6 heteroatoms. The van der Waals surface area contributed by atoms with Crippen molar-refractivity contribution in [3.05, 3.63) is 76.5 Å². The van der Waals surface area contributed by atoms with Gasteiger partial charge < -0.3 is 20.4 Å². The molecule has 2 aliphatic rings. The minimum atomic E-state index is -0.546. The Morgan fingerprint density at radius 1 is 1.11 bits per heavy atom. The lowest BCUT2D eigenvalue weighted by Crippen LogP contribution is -2.52. The van der Waals surface area contributed by atoms with Crippen molar-refractivity contribution < 1.29 is 14.3 Å². The quantitative estimate of drug-likeness (QED) is 0.406. The molecule has 1 atom stereocenters. The van der Waals surface area contributed by atoms with Crippen molar-refractivity contribution in [3.8, 4) is 0 Å². The Labute approximate surface area is 212 Å². The van der Waals surface area contributed by atoms with E-state index in [1.807, 2.05) is 45.9 Å². The number of nitrogens with one attached hydrogen (secondary N) is 3. The number of allylic oxidation sites excluding steroid dienone is 1. The monoisotopic (exact) mass is 485 g/mol. The number of aromatic nitrogens is 1. The summed E-state index contributed by atoms with van der Waals surface area (Å²) in [6, 6.07) is 14.5. The molecule has 0 saturated heterocycles. The molecule has 3 N–H and O–H groups in total. The molecule has 1 aromatic heterocycles. The maximum Gasteiger partial charge on any atom is 0.407 e. The normalized spacial score (nSPS) is 20.0. The van der Waals surface area contributed by atoms with Gasteiger partial charge in [0.15, 0.2) is 0 Å². The van der Waals surface area contributed by atoms with Crippen LogP contribution < -0.4 is 10.6 Å². The molecule has 2 amide bonds. The van der Waals surface area contributed by atoms with E-state index in [0.717, 1.165) is 41.4 Å². The molecule has 1 fully saturated rings. The highest BCUT2D eigenvalue weighted by molar-refractivity contribution is 6.00. The Hall–Kier alpha value is -3.54. The standard InChI is InChI=1S/C30H35N3O3/c1-19-15-21-16-22(18-31-27(35)36-28(2,3)4)32-25(21)17-23(19)26(34)33-30(13-14-30)29(5)12-8-10-20-9-6-7-11-24(20)29/h6-11,15-17,32H,12-14,18H2,1-5H3,(H,31,35)(H,33,34). The molecule has 1 saturated carbocycles. The zero-order chi connectivity index (χ0) is 25.7. The Morgan fingerprint density at radius 2 is 1.86 bits per heavy atom. The Kier molecular flexibility index (Phi) is 5.73. The number of ether oxygens (including phenoxy) is 1. The fraction of sp³-hybridized carbons (Fsp3) is 0.400. The molecular weight excluding hydrogens is 450 g/mol. The molecule has 3 aromatic rings. The summed E-state index contributed by atoms with van der Waals surface area (Å²) in [7, 11) is 0. The van der Waals surface area contributed by atoms with Gasteiger partial charge in [-0.1, -0.05) is 43.3 Å². The van der Waals surface area contributed by atoms with E-state index in [2.05, 4.69) is 59.0 Å². The van der Waals surface area contributed by atoms with E-state index in [9.17, 15) is 9.59 Å². The first-order chi connectivity index (χ1) is 17.0. The summed E-state index contributed by atoms with van der Waals surface area (Å²) < 4.78 is 5.31. The number of hydrogen-bond acceptors (Lipinski definition) is 3. The number of rotatable bonds is 5. The summed E-state index contributed by atoms with van der Waals surface area (Å²) >= 11 is 0. The van der Waals surface area contributed by atoms with Gasteiger partial charge in [0, 0.05) is 27.6 Å². The zero-order valence-electron chi connectivity index (χ0n) is 21.7. The minimum absolute atomic E-state index is 0.0387. The first kappa shape index (κ1) is 24.2. The van der Waals surface area contributed by atoms with Crippen LogP contribution in [0.5, 0.6) is 0 Å². The van der Waals surface area contributed by atoms with E-state index < -0.39 is 11.7 Å². The number of H-pyrrole nitrogens is 1. The molecule has 1 heterocycles. The van der Waals surface area contributed by atoms with Gasteiger partial charge in [0.25, 0.3) is 5.91 Å². The molecule has 0 bridgehead atoms. The van der Waals surface area contributed by atoms with Crippen LogP contribution >= 0.6 is 0 Å². The number of amides is 2. The largest absolute Gasteiger partial charge is 0.444 e. The van der Waals surface area contributed by atoms with Crippen molar-refractivity contribution >= 4 is 29.0 Å². The van der Waals surface area contributed by atoms with E-state index >= 15 is 0 Å². The minimum Gasteiger partial charge on any atom is -0.444 e. The number of benzene rings is 2. The van der Waals surface area contributed by atoms with Crippen LogP contribution in [0.4, 0.5) is 4.79 Å². The third-order valence-electron chi connectivity index (χ3n) is 7.63. The lowest BCUT2D eigenvalue weighted by atomic mass is 9.67. The van der Waals surface area contributed by atoms with Crippen LogP contribution in [-0.2, 0) is 16.7 Å². The third kappa shape index (κ3) is 4.41. The molecule has 188 valence electrons.